The summed E-state index contributed by atoms with van der Waals surface area (Å²) in [6.45, 7) is 12.6. The summed E-state index contributed by atoms with van der Waals surface area (Å²) in [6, 6.07) is 1.82. The van der Waals surface area contributed by atoms with E-state index in [0.29, 0.717) is 0 Å². The number of hydrogen-bond donors (Lipinski definition) is 0. The van der Waals surface area contributed by atoms with Gasteiger partial charge in [0.05, 0.1) is 32.2 Å². The lowest BCUT2D eigenvalue weighted by atomic mass is 9.41. The highest BCUT2D eigenvalue weighted by molar-refractivity contribution is 5.87. The highest BCUT2D eigenvalue weighted by Crippen LogP contribution is 2.71. The number of methoxy groups -OCH3 is 1. The topological polar surface area (TPSA) is 92.0 Å². The third-order valence-electron chi connectivity index (χ3n) is 9.98. The highest BCUT2D eigenvalue weighted by Gasteiger charge is 2.73. The molecule has 0 radical (unpaired) electrons. The van der Waals surface area contributed by atoms with E-state index in [4.69, 9.17) is 18.6 Å². The number of hydrogen-bond acceptors (Lipinski definition) is 7. The minimum Gasteiger partial charge on any atom is -0.472 e. The molecule has 7 heteroatoms. The first-order valence-corrected chi connectivity index (χ1v) is 12.1. The quantitative estimate of drug-likeness (QED) is 0.472. The molecular weight excluding hydrogens is 436 g/mol. The molecule has 1 aromatic rings. The Balaban J connectivity index is 1.63. The van der Waals surface area contributed by atoms with Gasteiger partial charge in [0.2, 0.25) is 0 Å². The van der Waals surface area contributed by atoms with E-state index in [2.05, 4.69) is 20.4 Å². The fourth-order valence-electron chi connectivity index (χ4n) is 7.88. The molecule has 7 nitrogen and oxygen atoms in total. The van der Waals surface area contributed by atoms with Crippen LogP contribution in [0.15, 0.2) is 35.2 Å². The molecule has 4 aliphatic rings. The number of ketones is 1. The third kappa shape index (κ3) is 2.76. The fourth-order valence-corrected chi connectivity index (χ4v) is 7.88. The molecule has 2 saturated carbocycles. The Bertz CT molecular complexity index is 1060. The number of carbonyl (C=O) groups is 3. The zero-order valence-electron chi connectivity index (χ0n) is 20.6. The van der Waals surface area contributed by atoms with Crippen molar-refractivity contribution < 1.29 is 33.0 Å². The number of fused-ring (bicyclic) bond motifs is 3. The SMILES string of the molecule is C=C1C2CCC3(C)C(c4ccoc4)OC(=O)CC13OC1CC(=O)C(C)(C)C(CC(=O)OC)C12C. The second-order valence-corrected chi connectivity index (χ2v) is 11.6. The number of carbonyl (C=O) groups excluding carboxylic acids is 3. The fraction of sp³-hybridized carbons (Fsp3) is 0.667. The number of Topliss-reactive ketones (excluding diaryl/α,β-unsaturated/α-hetero) is 1. The van der Waals surface area contributed by atoms with Crippen molar-refractivity contribution in [2.24, 2.45) is 28.1 Å². The molecule has 34 heavy (non-hydrogen) atoms. The second-order valence-electron chi connectivity index (χ2n) is 11.6. The average Bonchev–Trinajstić information content (AvgIpc) is 3.30. The Morgan fingerprint density at radius 3 is 2.62 bits per heavy atom. The maximum absolute atomic E-state index is 13.4. The van der Waals surface area contributed by atoms with Crippen LogP contribution in [-0.4, -0.2) is 36.5 Å². The van der Waals surface area contributed by atoms with Crippen molar-refractivity contribution in [1.82, 2.24) is 0 Å². The Labute approximate surface area is 200 Å². The van der Waals surface area contributed by atoms with Crippen molar-refractivity contribution in [3.05, 3.63) is 36.3 Å². The minimum atomic E-state index is -0.949. The summed E-state index contributed by atoms with van der Waals surface area (Å²) in [6.07, 6.45) is 4.23. The number of esters is 2. The normalized spacial score (nSPS) is 42.9. The molecule has 7 unspecified atom stereocenters. The lowest BCUT2D eigenvalue weighted by Crippen LogP contribution is -2.72. The smallest absolute Gasteiger partial charge is 0.309 e. The summed E-state index contributed by atoms with van der Waals surface area (Å²) in [7, 11) is 1.38. The second kappa shape index (κ2) is 7.30. The average molecular weight is 471 g/mol. The largest absolute Gasteiger partial charge is 0.472 e. The van der Waals surface area contributed by atoms with Crippen molar-refractivity contribution in [3.63, 3.8) is 0 Å². The van der Waals surface area contributed by atoms with Gasteiger partial charge in [-0.25, -0.2) is 0 Å². The van der Waals surface area contributed by atoms with Gasteiger partial charge < -0.3 is 18.6 Å². The van der Waals surface area contributed by atoms with E-state index < -0.39 is 34.1 Å². The predicted molar refractivity (Wildman–Crippen MR) is 121 cm³/mol. The maximum atomic E-state index is 13.4. The van der Waals surface area contributed by atoms with E-state index >= 15 is 0 Å². The summed E-state index contributed by atoms with van der Waals surface area (Å²) in [5, 5.41) is 0. The Morgan fingerprint density at radius 2 is 1.97 bits per heavy atom. The van der Waals surface area contributed by atoms with E-state index in [1.54, 1.807) is 12.5 Å². The van der Waals surface area contributed by atoms with Crippen molar-refractivity contribution in [1.29, 1.82) is 0 Å². The molecule has 184 valence electrons. The predicted octanol–water partition coefficient (Wildman–Crippen LogP) is 4.56. The zero-order chi connectivity index (χ0) is 24.7. The lowest BCUT2D eigenvalue weighted by Gasteiger charge is -2.70. The van der Waals surface area contributed by atoms with Gasteiger partial charge in [0.25, 0.3) is 0 Å². The van der Waals surface area contributed by atoms with Gasteiger partial charge in [-0.1, -0.05) is 34.3 Å². The Kier molecular flexibility index (Phi) is 5.01. The van der Waals surface area contributed by atoms with Crippen molar-refractivity contribution in [3.8, 4) is 0 Å². The van der Waals surface area contributed by atoms with E-state index in [1.807, 2.05) is 19.9 Å². The van der Waals surface area contributed by atoms with Crippen LogP contribution in [0.1, 0.15) is 71.5 Å². The van der Waals surface area contributed by atoms with Gasteiger partial charge in [-0.3, -0.25) is 14.4 Å². The first-order chi connectivity index (χ1) is 15.9. The van der Waals surface area contributed by atoms with Gasteiger partial charge in [-0.15, -0.1) is 0 Å². The van der Waals surface area contributed by atoms with Crippen LogP contribution in [0.2, 0.25) is 0 Å². The summed E-state index contributed by atoms with van der Waals surface area (Å²) in [5.74, 6) is -0.889. The molecule has 0 N–H and O–H groups in total. The van der Waals surface area contributed by atoms with Crippen LogP contribution < -0.4 is 0 Å². The molecule has 2 aliphatic heterocycles. The molecule has 2 saturated heterocycles. The van der Waals surface area contributed by atoms with Crippen LogP contribution in [0.25, 0.3) is 0 Å². The van der Waals surface area contributed by atoms with E-state index in [-0.39, 0.29) is 48.8 Å². The van der Waals surface area contributed by atoms with Crippen LogP contribution in [0.4, 0.5) is 0 Å². The molecule has 7 atom stereocenters. The van der Waals surface area contributed by atoms with Gasteiger partial charge in [0.1, 0.15) is 17.5 Å². The standard InChI is InChI=1S/C27H34O7/c1-15-17-7-9-25(4)23(16-8-10-32-14-16)33-22(30)13-27(15,25)34-20-12-19(28)24(2,3)18(26(17,20)5)11-21(29)31-6/h8,10,14,17-18,20,23H,1,7,9,11-13H2,2-6H3. The van der Waals surface area contributed by atoms with Gasteiger partial charge in [0.15, 0.2) is 0 Å². The maximum Gasteiger partial charge on any atom is 0.309 e. The molecular formula is C27H34O7. The Morgan fingerprint density at radius 1 is 1.24 bits per heavy atom. The molecule has 2 bridgehead atoms. The van der Waals surface area contributed by atoms with Gasteiger partial charge in [0, 0.05) is 34.7 Å². The van der Waals surface area contributed by atoms with E-state index in [9.17, 15) is 14.4 Å². The minimum absolute atomic E-state index is 0.00254. The van der Waals surface area contributed by atoms with Crippen molar-refractivity contribution >= 4 is 17.7 Å². The molecule has 4 fully saturated rings. The zero-order valence-corrected chi connectivity index (χ0v) is 20.6. The van der Waals surface area contributed by atoms with Gasteiger partial charge in [-0.05, 0) is 36.3 Å². The molecule has 3 heterocycles. The van der Waals surface area contributed by atoms with Crippen LogP contribution in [0.5, 0.6) is 0 Å². The Hall–Kier alpha value is -2.41. The molecule has 1 spiro atoms. The van der Waals surface area contributed by atoms with Gasteiger partial charge >= 0.3 is 11.9 Å². The molecule has 1 aromatic heterocycles. The number of furan rings is 1. The van der Waals surface area contributed by atoms with Crippen molar-refractivity contribution in [2.45, 2.75) is 77.6 Å². The third-order valence-corrected chi connectivity index (χ3v) is 9.98. The number of ether oxygens (including phenoxy) is 3. The number of cyclic esters (lactones) is 1. The van der Waals surface area contributed by atoms with E-state index in [1.165, 1.54) is 7.11 Å². The van der Waals surface area contributed by atoms with Crippen LogP contribution >= 0.6 is 0 Å². The van der Waals surface area contributed by atoms with Crippen LogP contribution in [0, 0.1) is 28.1 Å². The molecule has 0 amide bonds. The first-order valence-electron chi connectivity index (χ1n) is 12.1. The van der Waals surface area contributed by atoms with Gasteiger partial charge in [-0.2, -0.15) is 0 Å². The van der Waals surface area contributed by atoms with Crippen molar-refractivity contribution in [2.75, 3.05) is 7.11 Å². The summed E-state index contributed by atoms with van der Waals surface area (Å²) in [5.41, 5.74) is -1.05. The highest BCUT2D eigenvalue weighted by atomic mass is 16.6. The molecule has 2 aliphatic carbocycles. The van der Waals surface area contributed by atoms with Crippen LogP contribution in [-0.2, 0) is 28.6 Å². The molecule has 5 rings (SSSR count). The summed E-state index contributed by atoms with van der Waals surface area (Å²) >= 11 is 0. The first kappa shape index (κ1) is 23.3. The monoisotopic (exact) mass is 470 g/mol. The van der Waals surface area contributed by atoms with E-state index in [0.717, 1.165) is 24.0 Å². The summed E-state index contributed by atoms with van der Waals surface area (Å²) < 4.78 is 23.2. The molecule has 0 aromatic carbocycles. The lowest BCUT2D eigenvalue weighted by molar-refractivity contribution is -0.298. The van der Waals surface area contributed by atoms with Crippen LogP contribution in [0.3, 0.4) is 0 Å². The summed E-state index contributed by atoms with van der Waals surface area (Å²) in [4.78, 5) is 38.8. The number of rotatable bonds is 3.